The van der Waals surface area contributed by atoms with Gasteiger partial charge in [-0.3, -0.25) is 9.69 Å². The molecule has 1 fully saturated rings. The molecular formula is C19H25F3N2O4. The van der Waals surface area contributed by atoms with Crippen molar-refractivity contribution in [2.24, 2.45) is 0 Å². The Morgan fingerprint density at radius 3 is 2.32 bits per heavy atom. The van der Waals surface area contributed by atoms with E-state index in [1.54, 1.807) is 27.8 Å². The van der Waals surface area contributed by atoms with Crippen molar-refractivity contribution < 1.29 is 32.2 Å². The van der Waals surface area contributed by atoms with Crippen LogP contribution in [-0.4, -0.2) is 53.4 Å². The van der Waals surface area contributed by atoms with Gasteiger partial charge in [-0.2, -0.15) is 0 Å². The average Bonchev–Trinajstić information content (AvgIpc) is 3.02. The zero-order chi connectivity index (χ0) is 21.1. The summed E-state index contributed by atoms with van der Waals surface area (Å²) in [5.74, 6) is -0.559. The summed E-state index contributed by atoms with van der Waals surface area (Å²) >= 11 is 0. The normalized spacial score (nSPS) is 17.4. The van der Waals surface area contributed by atoms with Crippen molar-refractivity contribution in [1.29, 1.82) is 0 Å². The van der Waals surface area contributed by atoms with E-state index in [-0.39, 0.29) is 18.2 Å². The van der Waals surface area contributed by atoms with Crippen LogP contribution < -0.4 is 4.74 Å². The zero-order valence-electron chi connectivity index (χ0n) is 16.4. The van der Waals surface area contributed by atoms with Crippen LogP contribution in [0, 0.1) is 0 Å². The Labute approximate surface area is 162 Å². The highest BCUT2D eigenvalue weighted by Crippen LogP contribution is 2.25. The van der Waals surface area contributed by atoms with Crippen molar-refractivity contribution in [3.63, 3.8) is 0 Å². The highest BCUT2D eigenvalue weighted by atomic mass is 19.4. The molecule has 2 amide bonds. The number of nitrogens with zero attached hydrogens (tertiary/aromatic N) is 2. The maximum atomic E-state index is 12.8. The van der Waals surface area contributed by atoms with Crippen molar-refractivity contribution in [2.45, 2.75) is 58.2 Å². The minimum atomic E-state index is -4.75. The first-order valence-corrected chi connectivity index (χ1v) is 8.95. The van der Waals surface area contributed by atoms with Crippen molar-refractivity contribution in [3.8, 4) is 5.75 Å². The first-order chi connectivity index (χ1) is 12.9. The van der Waals surface area contributed by atoms with Gasteiger partial charge >= 0.3 is 12.5 Å². The summed E-state index contributed by atoms with van der Waals surface area (Å²) in [6.45, 7) is 5.93. The number of alkyl halides is 3. The summed E-state index contributed by atoms with van der Waals surface area (Å²) in [5, 5.41) is 0. The number of benzene rings is 1. The molecule has 2 rings (SSSR count). The summed E-state index contributed by atoms with van der Waals surface area (Å²) < 4.78 is 45.8. The molecule has 0 saturated carbocycles. The third kappa shape index (κ3) is 6.31. The van der Waals surface area contributed by atoms with Gasteiger partial charge in [0.2, 0.25) is 5.91 Å². The lowest BCUT2D eigenvalue weighted by Crippen LogP contribution is -2.47. The Morgan fingerprint density at radius 2 is 1.79 bits per heavy atom. The van der Waals surface area contributed by atoms with Crippen LogP contribution in [0.15, 0.2) is 24.3 Å². The molecule has 1 saturated heterocycles. The van der Waals surface area contributed by atoms with E-state index in [1.807, 2.05) is 0 Å². The second-order valence-corrected chi connectivity index (χ2v) is 7.72. The topological polar surface area (TPSA) is 59.1 Å². The maximum absolute atomic E-state index is 12.8. The molecule has 1 aliphatic rings. The minimum absolute atomic E-state index is 0.198. The fraction of sp³-hybridized carbons (Fsp3) is 0.579. The largest absolute Gasteiger partial charge is 0.573 e. The van der Waals surface area contributed by atoms with E-state index in [0.717, 1.165) is 0 Å². The number of carbonyl (C=O) groups is 2. The third-order valence-corrected chi connectivity index (χ3v) is 4.12. The van der Waals surface area contributed by atoms with E-state index >= 15 is 0 Å². The van der Waals surface area contributed by atoms with Crippen LogP contribution in [0.2, 0.25) is 0 Å². The fourth-order valence-corrected chi connectivity index (χ4v) is 2.97. The molecule has 1 heterocycles. The second kappa shape index (κ2) is 8.28. The number of halogens is 3. The molecule has 156 valence electrons. The lowest BCUT2D eigenvalue weighted by molar-refractivity contribution is -0.274. The van der Waals surface area contributed by atoms with Crippen LogP contribution in [-0.2, 0) is 16.1 Å². The monoisotopic (exact) mass is 402 g/mol. The van der Waals surface area contributed by atoms with Crippen molar-refractivity contribution in [3.05, 3.63) is 29.8 Å². The molecule has 1 atom stereocenters. The summed E-state index contributed by atoms with van der Waals surface area (Å²) in [5.41, 5.74) is -0.00782. The van der Waals surface area contributed by atoms with Gasteiger partial charge in [0.15, 0.2) is 0 Å². The van der Waals surface area contributed by atoms with Gasteiger partial charge in [0.1, 0.15) is 17.4 Å². The van der Waals surface area contributed by atoms with Crippen molar-refractivity contribution >= 4 is 12.0 Å². The van der Waals surface area contributed by atoms with Gasteiger partial charge < -0.3 is 14.4 Å². The Morgan fingerprint density at radius 1 is 1.18 bits per heavy atom. The van der Waals surface area contributed by atoms with Gasteiger partial charge in [-0.25, -0.2) is 4.79 Å². The molecule has 0 spiro atoms. The third-order valence-electron chi connectivity index (χ3n) is 4.12. The van der Waals surface area contributed by atoms with E-state index < -0.39 is 24.1 Å². The first kappa shape index (κ1) is 21.8. The van der Waals surface area contributed by atoms with Crippen LogP contribution in [0.4, 0.5) is 18.0 Å². The molecule has 28 heavy (non-hydrogen) atoms. The Balaban J connectivity index is 1.98. The molecule has 0 N–H and O–H groups in total. The smallest absolute Gasteiger partial charge is 0.444 e. The number of likely N-dealkylation sites (N-methyl/N-ethyl adjacent to an activating group) is 1. The highest BCUT2D eigenvalue weighted by Gasteiger charge is 2.38. The predicted octanol–water partition coefficient (Wildman–Crippen LogP) is 3.94. The van der Waals surface area contributed by atoms with Gasteiger partial charge in [0.05, 0.1) is 0 Å². The molecular weight excluding hydrogens is 377 g/mol. The fourth-order valence-electron chi connectivity index (χ4n) is 2.97. The summed E-state index contributed by atoms with van der Waals surface area (Å²) in [4.78, 5) is 28.0. The lowest BCUT2D eigenvalue weighted by Gasteiger charge is -2.30. The molecule has 9 heteroatoms. The number of hydrogen-bond donors (Lipinski definition) is 0. The molecule has 1 aromatic rings. The van der Waals surface area contributed by atoms with Gasteiger partial charge in [0.25, 0.3) is 0 Å². The van der Waals surface area contributed by atoms with Crippen molar-refractivity contribution in [2.75, 3.05) is 13.6 Å². The van der Waals surface area contributed by atoms with E-state index in [2.05, 4.69) is 4.74 Å². The highest BCUT2D eigenvalue weighted by molar-refractivity contribution is 5.86. The standard InChI is InChI=1S/C19H25F3N2O4/c1-18(2,3)28-17(26)24-11-5-6-15(24)16(25)23(4)12-13-7-9-14(10-8-13)27-19(20,21)22/h7-10,15H,5-6,11-12H2,1-4H3. The van der Waals surface area contributed by atoms with E-state index in [1.165, 1.54) is 34.1 Å². The number of amides is 2. The molecule has 1 aliphatic heterocycles. The Bertz CT molecular complexity index is 699. The van der Waals surface area contributed by atoms with Gasteiger partial charge in [0, 0.05) is 20.1 Å². The predicted molar refractivity (Wildman–Crippen MR) is 95.6 cm³/mol. The number of hydrogen-bond acceptors (Lipinski definition) is 4. The minimum Gasteiger partial charge on any atom is -0.444 e. The van der Waals surface area contributed by atoms with Gasteiger partial charge in [-0.05, 0) is 51.3 Å². The number of carbonyl (C=O) groups excluding carboxylic acids is 2. The number of ether oxygens (including phenoxy) is 2. The second-order valence-electron chi connectivity index (χ2n) is 7.72. The zero-order valence-corrected chi connectivity index (χ0v) is 16.4. The lowest BCUT2D eigenvalue weighted by atomic mass is 10.1. The molecule has 1 aromatic carbocycles. The molecule has 0 aliphatic carbocycles. The molecule has 0 aromatic heterocycles. The summed E-state index contributed by atoms with van der Waals surface area (Å²) in [6.07, 6.45) is -4.03. The SMILES string of the molecule is CN(Cc1ccc(OC(F)(F)F)cc1)C(=O)C1CCCN1C(=O)OC(C)(C)C. The van der Waals surface area contributed by atoms with Gasteiger partial charge in [-0.15, -0.1) is 13.2 Å². The maximum Gasteiger partial charge on any atom is 0.573 e. The quantitative estimate of drug-likeness (QED) is 0.765. The first-order valence-electron chi connectivity index (χ1n) is 8.95. The van der Waals surface area contributed by atoms with E-state index in [9.17, 15) is 22.8 Å². The Kier molecular flexibility index (Phi) is 6.46. The Hall–Kier alpha value is -2.45. The molecule has 0 radical (unpaired) electrons. The number of likely N-dealkylation sites (tertiary alicyclic amines) is 1. The van der Waals surface area contributed by atoms with Crippen LogP contribution in [0.25, 0.3) is 0 Å². The number of rotatable bonds is 4. The average molecular weight is 402 g/mol. The van der Waals surface area contributed by atoms with Crippen LogP contribution >= 0.6 is 0 Å². The molecule has 1 unspecified atom stereocenters. The summed E-state index contributed by atoms with van der Waals surface area (Å²) in [6, 6.07) is 4.72. The summed E-state index contributed by atoms with van der Waals surface area (Å²) in [7, 11) is 1.59. The molecule has 0 bridgehead atoms. The van der Waals surface area contributed by atoms with Crippen LogP contribution in [0.5, 0.6) is 5.75 Å². The van der Waals surface area contributed by atoms with Crippen LogP contribution in [0.1, 0.15) is 39.2 Å². The van der Waals surface area contributed by atoms with E-state index in [0.29, 0.717) is 24.9 Å². The molecule has 6 nitrogen and oxygen atoms in total. The van der Waals surface area contributed by atoms with Crippen molar-refractivity contribution in [1.82, 2.24) is 9.80 Å². The van der Waals surface area contributed by atoms with E-state index in [4.69, 9.17) is 4.74 Å². The van der Waals surface area contributed by atoms with Gasteiger partial charge in [-0.1, -0.05) is 12.1 Å². The van der Waals surface area contributed by atoms with Crippen LogP contribution in [0.3, 0.4) is 0 Å².